The van der Waals surface area contributed by atoms with Crippen molar-refractivity contribution in [3.05, 3.63) is 48.5 Å². The molecule has 3 heteroatoms. The summed E-state index contributed by atoms with van der Waals surface area (Å²) in [5.74, 6) is 0.851. The van der Waals surface area contributed by atoms with Crippen LogP contribution in [0.25, 0.3) is 11.1 Å². The van der Waals surface area contributed by atoms with E-state index in [4.69, 9.17) is 15.2 Å². The van der Waals surface area contributed by atoms with Gasteiger partial charge in [0.1, 0.15) is 11.9 Å². The number of anilines is 1. The van der Waals surface area contributed by atoms with Gasteiger partial charge >= 0.3 is 0 Å². The summed E-state index contributed by atoms with van der Waals surface area (Å²) in [6, 6.07) is 15.9. The molecule has 1 heterocycles. The Morgan fingerprint density at radius 1 is 1.11 bits per heavy atom. The molecule has 2 aromatic carbocycles. The third-order valence-electron chi connectivity index (χ3n) is 3.30. The molecular weight excluding hydrogens is 238 g/mol. The standard InChI is InChI=1S/C16H17NO2/c17-16-7-6-13(19-14-8-9-18-11-14)10-15(16)12-4-2-1-3-5-12/h1-7,10,14H,8-9,11,17H2. The first-order valence-corrected chi connectivity index (χ1v) is 6.52. The van der Waals surface area contributed by atoms with Gasteiger partial charge < -0.3 is 15.2 Å². The third-order valence-corrected chi connectivity index (χ3v) is 3.30. The summed E-state index contributed by atoms with van der Waals surface area (Å²) in [4.78, 5) is 0. The Morgan fingerprint density at radius 3 is 2.68 bits per heavy atom. The molecule has 19 heavy (non-hydrogen) atoms. The normalized spacial score (nSPS) is 18.4. The van der Waals surface area contributed by atoms with Gasteiger partial charge in [0.15, 0.2) is 0 Å². The zero-order valence-electron chi connectivity index (χ0n) is 10.7. The van der Waals surface area contributed by atoms with Gasteiger partial charge in [-0.15, -0.1) is 0 Å². The molecule has 0 spiro atoms. The predicted molar refractivity (Wildman–Crippen MR) is 76.1 cm³/mol. The molecule has 0 radical (unpaired) electrons. The first-order chi connectivity index (χ1) is 9.33. The fourth-order valence-corrected chi connectivity index (χ4v) is 2.27. The quantitative estimate of drug-likeness (QED) is 0.857. The largest absolute Gasteiger partial charge is 0.488 e. The zero-order valence-corrected chi connectivity index (χ0v) is 10.7. The van der Waals surface area contributed by atoms with Crippen LogP contribution < -0.4 is 10.5 Å². The van der Waals surface area contributed by atoms with Gasteiger partial charge in [-0.2, -0.15) is 0 Å². The Balaban J connectivity index is 1.87. The first kappa shape index (κ1) is 12.1. The zero-order chi connectivity index (χ0) is 13.1. The topological polar surface area (TPSA) is 44.5 Å². The lowest BCUT2D eigenvalue weighted by molar-refractivity contribution is 0.141. The molecule has 0 saturated carbocycles. The highest BCUT2D eigenvalue weighted by Gasteiger charge is 2.17. The lowest BCUT2D eigenvalue weighted by Gasteiger charge is -2.14. The lowest BCUT2D eigenvalue weighted by atomic mass is 10.0. The van der Waals surface area contributed by atoms with Crippen LogP contribution in [0.2, 0.25) is 0 Å². The summed E-state index contributed by atoms with van der Waals surface area (Å²) in [5.41, 5.74) is 8.93. The van der Waals surface area contributed by atoms with E-state index >= 15 is 0 Å². The minimum atomic E-state index is 0.159. The van der Waals surface area contributed by atoms with E-state index in [9.17, 15) is 0 Å². The van der Waals surface area contributed by atoms with Crippen molar-refractivity contribution in [2.75, 3.05) is 18.9 Å². The SMILES string of the molecule is Nc1ccc(OC2CCOC2)cc1-c1ccccc1. The number of benzene rings is 2. The maximum absolute atomic E-state index is 6.05. The average molecular weight is 255 g/mol. The number of nitrogen functional groups attached to an aromatic ring is 1. The summed E-state index contributed by atoms with van der Waals surface area (Å²) in [5, 5.41) is 0. The van der Waals surface area contributed by atoms with Gasteiger partial charge in [-0.05, 0) is 23.8 Å². The minimum Gasteiger partial charge on any atom is -0.488 e. The molecule has 2 N–H and O–H groups in total. The molecule has 98 valence electrons. The number of ether oxygens (including phenoxy) is 2. The molecule has 0 bridgehead atoms. The maximum atomic E-state index is 6.05. The second-order valence-electron chi connectivity index (χ2n) is 4.72. The fourth-order valence-electron chi connectivity index (χ4n) is 2.27. The van der Waals surface area contributed by atoms with Crippen LogP contribution in [0.5, 0.6) is 5.75 Å². The molecule has 0 amide bonds. The van der Waals surface area contributed by atoms with Crippen molar-refractivity contribution >= 4 is 5.69 Å². The highest BCUT2D eigenvalue weighted by molar-refractivity contribution is 5.77. The van der Waals surface area contributed by atoms with Gasteiger partial charge in [0.2, 0.25) is 0 Å². The van der Waals surface area contributed by atoms with Crippen LogP contribution in [0.4, 0.5) is 5.69 Å². The Hall–Kier alpha value is -2.00. The van der Waals surface area contributed by atoms with Gasteiger partial charge in [0, 0.05) is 17.7 Å². The molecule has 0 aliphatic carbocycles. The smallest absolute Gasteiger partial charge is 0.124 e. The predicted octanol–water partition coefficient (Wildman–Crippen LogP) is 3.10. The van der Waals surface area contributed by atoms with E-state index in [1.807, 2.05) is 48.5 Å². The van der Waals surface area contributed by atoms with Crippen molar-refractivity contribution < 1.29 is 9.47 Å². The van der Waals surface area contributed by atoms with Crippen molar-refractivity contribution in [1.29, 1.82) is 0 Å². The molecule has 1 unspecified atom stereocenters. The summed E-state index contributed by atoms with van der Waals surface area (Å²) in [6.45, 7) is 1.45. The van der Waals surface area contributed by atoms with Crippen molar-refractivity contribution in [1.82, 2.24) is 0 Å². The van der Waals surface area contributed by atoms with Crippen molar-refractivity contribution in [3.8, 4) is 16.9 Å². The van der Waals surface area contributed by atoms with Crippen LogP contribution in [-0.2, 0) is 4.74 Å². The second kappa shape index (κ2) is 5.33. The van der Waals surface area contributed by atoms with E-state index in [1.54, 1.807) is 0 Å². The number of rotatable bonds is 3. The van der Waals surface area contributed by atoms with E-state index in [0.717, 1.165) is 35.6 Å². The van der Waals surface area contributed by atoms with Gasteiger partial charge in [-0.25, -0.2) is 0 Å². The second-order valence-corrected chi connectivity index (χ2v) is 4.72. The van der Waals surface area contributed by atoms with Gasteiger partial charge in [-0.1, -0.05) is 30.3 Å². The van der Waals surface area contributed by atoms with Crippen molar-refractivity contribution in [3.63, 3.8) is 0 Å². The lowest BCUT2D eigenvalue weighted by Crippen LogP contribution is -2.15. The molecule has 1 fully saturated rings. The Kier molecular flexibility index (Phi) is 3.38. The number of nitrogens with two attached hydrogens (primary N) is 1. The van der Waals surface area contributed by atoms with E-state index in [0.29, 0.717) is 6.61 Å². The number of hydrogen-bond acceptors (Lipinski definition) is 3. The number of hydrogen-bond donors (Lipinski definition) is 1. The summed E-state index contributed by atoms with van der Waals surface area (Å²) in [7, 11) is 0. The van der Waals surface area contributed by atoms with Crippen LogP contribution in [0, 0.1) is 0 Å². The van der Waals surface area contributed by atoms with Crippen LogP contribution in [0.15, 0.2) is 48.5 Å². The molecule has 1 aliphatic rings. The molecule has 0 aromatic heterocycles. The van der Waals surface area contributed by atoms with E-state index in [-0.39, 0.29) is 6.10 Å². The Morgan fingerprint density at radius 2 is 1.95 bits per heavy atom. The Labute approximate surface area is 113 Å². The first-order valence-electron chi connectivity index (χ1n) is 6.52. The molecule has 1 atom stereocenters. The molecule has 3 rings (SSSR count). The summed E-state index contributed by atoms with van der Waals surface area (Å²) >= 11 is 0. The van der Waals surface area contributed by atoms with Crippen LogP contribution >= 0.6 is 0 Å². The molecule has 3 nitrogen and oxygen atoms in total. The van der Waals surface area contributed by atoms with E-state index < -0.39 is 0 Å². The highest BCUT2D eigenvalue weighted by atomic mass is 16.5. The van der Waals surface area contributed by atoms with E-state index in [1.165, 1.54) is 0 Å². The monoisotopic (exact) mass is 255 g/mol. The maximum Gasteiger partial charge on any atom is 0.124 e. The average Bonchev–Trinajstić information content (AvgIpc) is 2.95. The van der Waals surface area contributed by atoms with Gasteiger partial charge in [0.05, 0.1) is 13.2 Å². The summed E-state index contributed by atoms with van der Waals surface area (Å²) < 4.78 is 11.2. The van der Waals surface area contributed by atoms with Gasteiger partial charge in [-0.3, -0.25) is 0 Å². The van der Waals surface area contributed by atoms with Gasteiger partial charge in [0.25, 0.3) is 0 Å². The molecular formula is C16H17NO2. The molecule has 2 aromatic rings. The molecule has 1 aliphatic heterocycles. The Bertz CT molecular complexity index is 548. The fraction of sp³-hybridized carbons (Fsp3) is 0.250. The van der Waals surface area contributed by atoms with Crippen molar-refractivity contribution in [2.45, 2.75) is 12.5 Å². The minimum absolute atomic E-state index is 0.159. The molecule has 1 saturated heterocycles. The van der Waals surface area contributed by atoms with E-state index in [2.05, 4.69) is 0 Å². The third kappa shape index (κ3) is 2.71. The van der Waals surface area contributed by atoms with Crippen LogP contribution in [0.1, 0.15) is 6.42 Å². The van der Waals surface area contributed by atoms with Crippen molar-refractivity contribution in [2.24, 2.45) is 0 Å². The van der Waals surface area contributed by atoms with Crippen LogP contribution in [-0.4, -0.2) is 19.3 Å². The van der Waals surface area contributed by atoms with Crippen LogP contribution in [0.3, 0.4) is 0 Å². The summed E-state index contributed by atoms with van der Waals surface area (Å²) in [6.07, 6.45) is 1.11. The highest BCUT2D eigenvalue weighted by Crippen LogP contribution is 2.30.